The van der Waals surface area contributed by atoms with E-state index in [1.54, 1.807) is 0 Å². The van der Waals surface area contributed by atoms with Crippen molar-refractivity contribution in [1.29, 1.82) is 0 Å². The topological polar surface area (TPSA) is 12.0 Å². The standard InChI is InChI=1S/C11H23N/c1-3-4-8-12-11-7-5-6-10(2)9-11/h10-12H,3-9H2,1-2H3/t10-,11+/m0/s1. The Bertz CT molecular complexity index is 112. The predicted molar refractivity (Wildman–Crippen MR) is 54.3 cm³/mol. The summed E-state index contributed by atoms with van der Waals surface area (Å²) < 4.78 is 0. The van der Waals surface area contributed by atoms with Gasteiger partial charge in [0.2, 0.25) is 0 Å². The van der Waals surface area contributed by atoms with Crippen LogP contribution in [-0.4, -0.2) is 12.6 Å². The minimum atomic E-state index is 0.834. The Morgan fingerprint density at radius 3 is 2.83 bits per heavy atom. The molecule has 0 saturated heterocycles. The highest BCUT2D eigenvalue weighted by Gasteiger charge is 2.17. The van der Waals surface area contributed by atoms with E-state index in [1.165, 1.54) is 45.1 Å². The number of unbranched alkanes of at least 4 members (excludes halogenated alkanes) is 1. The van der Waals surface area contributed by atoms with E-state index >= 15 is 0 Å². The lowest BCUT2D eigenvalue weighted by Gasteiger charge is -2.27. The lowest BCUT2D eigenvalue weighted by molar-refractivity contribution is 0.301. The highest BCUT2D eigenvalue weighted by atomic mass is 14.9. The molecule has 1 aliphatic rings. The Hall–Kier alpha value is -0.0400. The van der Waals surface area contributed by atoms with E-state index in [-0.39, 0.29) is 0 Å². The fraction of sp³-hybridized carbons (Fsp3) is 1.00. The third kappa shape index (κ3) is 3.57. The van der Waals surface area contributed by atoms with Gasteiger partial charge >= 0.3 is 0 Å². The van der Waals surface area contributed by atoms with Gasteiger partial charge in [-0.25, -0.2) is 0 Å². The van der Waals surface area contributed by atoms with Crippen LogP contribution in [-0.2, 0) is 0 Å². The summed E-state index contributed by atoms with van der Waals surface area (Å²) in [6.45, 7) is 5.87. The van der Waals surface area contributed by atoms with Crippen LogP contribution in [0.1, 0.15) is 52.4 Å². The fourth-order valence-electron chi connectivity index (χ4n) is 2.10. The van der Waals surface area contributed by atoms with E-state index < -0.39 is 0 Å². The second kappa shape index (κ2) is 5.58. The molecule has 1 N–H and O–H groups in total. The van der Waals surface area contributed by atoms with Crippen molar-refractivity contribution in [2.75, 3.05) is 6.54 Å². The van der Waals surface area contributed by atoms with E-state index in [4.69, 9.17) is 0 Å². The van der Waals surface area contributed by atoms with Crippen molar-refractivity contribution in [2.45, 2.75) is 58.4 Å². The Morgan fingerprint density at radius 2 is 2.17 bits per heavy atom. The van der Waals surface area contributed by atoms with Gasteiger partial charge < -0.3 is 5.32 Å². The zero-order valence-electron chi connectivity index (χ0n) is 8.60. The monoisotopic (exact) mass is 169 g/mol. The maximum Gasteiger partial charge on any atom is 0.00696 e. The van der Waals surface area contributed by atoms with Crippen LogP contribution >= 0.6 is 0 Å². The first-order valence-corrected chi connectivity index (χ1v) is 5.56. The molecule has 0 aromatic carbocycles. The molecular weight excluding hydrogens is 146 g/mol. The minimum Gasteiger partial charge on any atom is -0.314 e. The van der Waals surface area contributed by atoms with Crippen molar-refractivity contribution in [2.24, 2.45) is 5.92 Å². The molecule has 1 aliphatic carbocycles. The van der Waals surface area contributed by atoms with Gasteiger partial charge in [-0.05, 0) is 31.7 Å². The molecule has 1 fully saturated rings. The van der Waals surface area contributed by atoms with Gasteiger partial charge in [0, 0.05) is 6.04 Å². The lowest BCUT2D eigenvalue weighted by Crippen LogP contribution is -2.34. The summed E-state index contributed by atoms with van der Waals surface area (Å²) in [6.07, 6.45) is 8.36. The Balaban J connectivity index is 2.06. The van der Waals surface area contributed by atoms with Crippen LogP contribution in [0.2, 0.25) is 0 Å². The second-order valence-electron chi connectivity index (χ2n) is 4.28. The van der Waals surface area contributed by atoms with Crippen molar-refractivity contribution in [3.05, 3.63) is 0 Å². The average molecular weight is 169 g/mol. The molecule has 0 amide bonds. The number of nitrogens with one attached hydrogen (secondary N) is 1. The SMILES string of the molecule is CCCCN[C@@H]1CCC[C@H](C)C1. The largest absolute Gasteiger partial charge is 0.314 e. The first kappa shape index (κ1) is 10.0. The quantitative estimate of drug-likeness (QED) is 0.638. The highest BCUT2D eigenvalue weighted by Crippen LogP contribution is 2.23. The van der Waals surface area contributed by atoms with Crippen LogP contribution in [0, 0.1) is 5.92 Å². The summed E-state index contributed by atoms with van der Waals surface area (Å²) in [4.78, 5) is 0. The van der Waals surface area contributed by atoms with E-state index in [9.17, 15) is 0 Å². The molecule has 0 radical (unpaired) electrons. The van der Waals surface area contributed by atoms with Gasteiger partial charge in [0.25, 0.3) is 0 Å². The summed E-state index contributed by atoms with van der Waals surface area (Å²) in [7, 11) is 0. The molecule has 0 bridgehead atoms. The van der Waals surface area contributed by atoms with Crippen molar-refractivity contribution in [3.63, 3.8) is 0 Å². The second-order valence-corrected chi connectivity index (χ2v) is 4.28. The Kier molecular flexibility index (Phi) is 4.67. The molecule has 1 heteroatoms. The third-order valence-corrected chi connectivity index (χ3v) is 2.90. The fourth-order valence-corrected chi connectivity index (χ4v) is 2.10. The number of hydrogen-bond donors (Lipinski definition) is 1. The summed E-state index contributed by atoms with van der Waals surface area (Å²) in [5.74, 6) is 0.956. The average Bonchev–Trinajstić information content (AvgIpc) is 2.05. The van der Waals surface area contributed by atoms with Gasteiger partial charge in [-0.15, -0.1) is 0 Å². The van der Waals surface area contributed by atoms with Crippen molar-refractivity contribution >= 4 is 0 Å². The number of rotatable bonds is 4. The molecule has 0 unspecified atom stereocenters. The first-order chi connectivity index (χ1) is 5.83. The maximum atomic E-state index is 3.65. The predicted octanol–water partition coefficient (Wildman–Crippen LogP) is 2.95. The number of hydrogen-bond acceptors (Lipinski definition) is 1. The summed E-state index contributed by atoms with van der Waals surface area (Å²) in [5.41, 5.74) is 0. The summed E-state index contributed by atoms with van der Waals surface area (Å²) in [6, 6.07) is 0.834. The van der Waals surface area contributed by atoms with Crippen LogP contribution in [0.5, 0.6) is 0 Å². The molecule has 1 saturated carbocycles. The molecule has 0 heterocycles. The molecule has 2 atom stereocenters. The Labute approximate surface area is 76.9 Å². The van der Waals surface area contributed by atoms with Crippen LogP contribution in [0.4, 0.5) is 0 Å². The van der Waals surface area contributed by atoms with Gasteiger partial charge in [-0.3, -0.25) is 0 Å². The molecule has 0 aromatic heterocycles. The highest BCUT2D eigenvalue weighted by molar-refractivity contribution is 4.75. The minimum absolute atomic E-state index is 0.834. The summed E-state index contributed by atoms with van der Waals surface area (Å²) in [5, 5.41) is 3.65. The molecule has 0 spiro atoms. The normalized spacial score (nSPS) is 30.5. The molecule has 0 aliphatic heterocycles. The van der Waals surface area contributed by atoms with Crippen LogP contribution in [0.3, 0.4) is 0 Å². The molecule has 1 rings (SSSR count). The molecule has 1 nitrogen and oxygen atoms in total. The van der Waals surface area contributed by atoms with Gasteiger partial charge in [0.15, 0.2) is 0 Å². The van der Waals surface area contributed by atoms with Crippen LogP contribution in [0.25, 0.3) is 0 Å². The van der Waals surface area contributed by atoms with Crippen LogP contribution < -0.4 is 5.32 Å². The zero-order chi connectivity index (χ0) is 8.81. The Morgan fingerprint density at radius 1 is 1.33 bits per heavy atom. The van der Waals surface area contributed by atoms with E-state index in [1.807, 2.05) is 0 Å². The van der Waals surface area contributed by atoms with Crippen molar-refractivity contribution in [1.82, 2.24) is 5.32 Å². The maximum absolute atomic E-state index is 3.65. The lowest BCUT2D eigenvalue weighted by atomic mass is 9.87. The van der Waals surface area contributed by atoms with Gasteiger partial charge in [-0.2, -0.15) is 0 Å². The first-order valence-electron chi connectivity index (χ1n) is 5.56. The summed E-state index contributed by atoms with van der Waals surface area (Å²) >= 11 is 0. The molecule has 72 valence electrons. The van der Waals surface area contributed by atoms with Crippen LogP contribution in [0.15, 0.2) is 0 Å². The zero-order valence-corrected chi connectivity index (χ0v) is 8.60. The van der Waals surface area contributed by atoms with Gasteiger partial charge in [0.05, 0.1) is 0 Å². The smallest absolute Gasteiger partial charge is 0.00696 e. The third-order valence-electron chi connectivity index (χ3n) is 2.90. The molecule has 0 aromatic rings. The van der Waals surface area contributed by atoms with E-state index in [2.05, 4.69) is 19.2 Å². The van der Waals surface area contributed by atoms with E-state index in [0.717, 1.165) is 12.0 Å². The molecular formula is C11H23N. The molecule has 12 heavy (non-hydrogen) atoms. The van der Waals surface area contributed by atoms with Crippen molar-refractivity contribution < 1.29 is 0 Å². The van der Waals surface area contributed by atoms with Crippen molar-refractivity contribution in [3.8, 4) is 0 Å². The van der Waals surface area contributed by atoms with Gasteiger partial charge in [0.1, 0.15) is 0 Å². The van der Waals surface area contributed by atoms with E-state index in [0.29, 0.717) is 0 Å². The van der Waals surface area contributed by atoms with Gasteiger partial charge in [-0.1, -0.05) is 33.1 Å².